The fraction of sp³-hybridized carbons (Fsp3) is 0.333. The molecule has 2 heterocycles. The number of hydrogen-bond acceptors (Lipinski definition) is 3. The van der Waals surface area contributed by atoms with Crippen LogP contribution in [0.25, 0.3) is 0 Å². The van der Waals surface area contributed by atoms with Crippen molar-refractivity contribution in [3.05, 3.63) is 22.4 Å². The van der Waals surface area contributed by atoms with Crippen molar-refractivity contribution in [2.45, 2.75) is 6.04 Å². The number of nitrogens with one attached hydrogen (secondary N) is 2. The van der Waals surface area contributed by atoms with Crippen LogP contribution >= 0.6 is 11.3 Å². The highest BCUT2D eigenvalue weighted by Gasteiger charge is 2.17. The molecule has 0 amide bonds. The maximum absolute atomic E-state index is 3.11. The highest BCUT2D eigenvalue weighted by Crippen LogP contribution is 2.20. The summed E-state index contributed by atoms with van der Waals surface area (Å²) in [7, 11) is 0. The molecule has 0 radical (unpaired) electrons. The lowest BCUT2D eigenvalue weighted by Gasteiger charge is -2.27. The third-order valence-corrected chi connectivity index (χ3v) is 2.46. The number of hydrogen-bond donors (Lipinski definition) is 2. The van der Waals surface area contributed by atoms with Crippen LogP contribution in [0.15, 0.2) is 17.5 Å². The molecule has 1 fully saturated rings. The van der Waals surface area contributed by atoms with E-state index in [2.05, 4.69) is 28.4 Å². The molecule has 2 rings (SSSR count). The standard InChI is InChI=1S/C6H8N2S/c1-2-6(9-3-1)5-4-7-8-5/h1-3,5,7-8H,4H2. The molecule has 3 heteroatoms. The predicted octanol–water partition coefficient (Wildman–Crippen LogP) is 0.897. The van der Waals surface area contributed by atoms with E-state index in [0.717, 1.165) is 6.54 Å². The molecule has 2 nitrogen and oxygen atoms in total. The third kappa shape index (κ3) is 0.871. The van der Waals surface area contributed by atoms with Crippen LogP contribution in [0.1, 0.15) is 10.9 Å². The fourth-order valence-electron chi connectivity index (χ4n) is 0.865. The van der Waals surface area contributed by atoms with Gasteiger partial charge in [-0.25, -0.2) is 5.43 Å². The summed E-state index contributed by atoms with van der Waals surface area (Å²) in [4.78, 5) is 1.42. The second-order valence-electron chi connectivity index (χ2n) is 2.09. The van der Waals surface area contributed by atoms with Crippen LogP contribution in [0.3, 0.4) is 0 Å². The quantitative estimate of drug-likeness (QED) is 0.605. The third-order valence-electron chi connectivity index (χ3n) is 1.47. The maximum atomic E-state index is 3.11. The Hall–Kier alpha value is -0.380. The van der Waals surface area contributed by atoms with Gasteiger partial charge in [0.2, 0.25) is 0 Å². The first-order valence-corrected chi connectivity index (χ1v) is 3.86. The molecule has 0 spiro atoms. The summed E-state index contributed by atoms with van der Waals surface area (Å²) in [6.45, 7) is 1.07. The van der Waals surface area contributed by atoms with E-state index in [1.807, 2.05) is 0 Å². The van der Waals surface area contributed by atoms with Crippen molar-refractivity contribution in [1.29, 1.82) is 0 Å². The Bertz CT molecular complexity index is 179. The van der Waals surface area contributed by atoms with Gasteiger partial charge in [0.1, 0.15) is 0 Å². The lowest BCUT2D eigenvalue weighted by molar-refractivity contribution is 0.311. The zero-order valence-electron chi connectivity index (χ0n) is 4.92. The average molecular weight is 140 g/mol. The molecule has 1 aromatic rings. The summed E-state index contributed by atoms with van der Waals surface area (Å²) >= 11 is 1.80. The molecule has 2 N–H and O–H groups in total. The Morgan fingerprint density at radius 3 is 3.00 bits per heavy atom. The lowest BCUT2D eigenvalue weighted by Crippen LogP contribution is -2.51. The van der Waals surface area contributed by atoms with Crippen LogP contribution < -0.4 is 10.9 Å². The fourth-order valence-corrected chi connectivity index (χ4v) is 1.64. The lowest BCUT2D eigenvalue weighted by atomic mass is 10.2. The minimum absolute atomic E-state index is 0.574. The van der Waals surface area contributed by atoms with Crippen molar-refractivity contribution >= 4 is 11.3 Å². The number of rotatable bonds is 1. The molecule has 9 heavy (non-hydrogen) atoms. The second-order valence-corrected chi connectivity index (χ2v) is 3.07. The van der Waals surface area contributed by atoms with Gasteiger partial charge < -0.3 is 0 Å². The van der Waals surface area contributed by atoms with Gasteiger partial charge in [-0.05, 0) is 11.4 Å². The summed E-state index contributed by atoms with van der Waals surface area (Å²) in [5, 5.41) is 2.11. The summed E-state index contributed by atoms with van der Waals surface area (Å²) in [5.41, 5.74) is 6.11. The Morgan fingerprint density at radius 1 is 1.67 bits per heavy atom. The maximum Gasteiger partial charge on any atom is 0.0693 e. The van der Waals surface area contributed by atoms with Crippen LogP contribution in [-0.2, 0) is 0 Å². The van der Waals surface area contributed by atoms with Gasteiger partial charge in [-0.1, -0.05) is 6.07 Å². The first-order chi connectivity index (χ1) is 4.47. The van der Waals surface area contributed by atoms with Crippen LogP contribution in [0.5, 0.6) is 0 Å². The van der Waals surface area contributed by atoms with Gasteiger partial charge in [-0.15, -0.1) is 11.3 Å². The van der Waals surface area contributed by atoms with E-state index in [9.17, 15) is 0 Å². The second kappa shape index (κ2) is 2.10. The summed E-state index contributed by atoms with van der Waals surface area (Å²) in [6.07, 6.45) is 0. The molecule has 1 saturated heterocycles. The Kier molecular flexibility index (Phi) is 1.26. The largest absolute Gasteiger partial charge is 0.255 e. The van der Waals surface area contributed by atoms with E-state index in [0.29, 0.717) is 6.04 Å². The molecule has 48 valence electrons. The van der Waals surface area contributed by atoms with E-state index in [1.165, 1.54) is 4.88 Å². The van der Waals surface area contributed by atoms with E-state index in [1.54, 1.807) is 11.3 Å². The Labute approximate surface area is 57.9 Å². The average Bonchev–Trinajstić information content (AvgIpc) is 2.11. The van der Waals surface area contributed by atoms with Crippen LogP contribution in [-0.4, -0.2) is 6.54 Å². The van der Waals surface area contributed by atoms with E-state index in [4.69, 9.17) is 0 Å². The highest BCUT2D eigenvalue weighted by atomic mass is 32.1. The zero-order chi connectivity index (χ0) is 6.10. The van der Waals surface area contributed by atoms with Crippen molar-refractivity contribution in [2.24, 2.45) is 0 Å². The van der Waals surface area contributed by atoms with E-state index >= 15 is 0 Å². The van der Waals surface area contributed by atoms with Crippen LogP contribution in [0, 0.1) is 0 Å². The van der Waals surface area contributed by atoms with Crippen molar-refractivity contribution in [2.75, 3.05) is 6.54 Å². The SMILES string of the molecule is c1csc(C2CNN2)c1. The highest BCUT2D eigenvalue weighted by molar-refractivity contribution is 7.10. The Morgan fingerprint density at radius 2 is 2.56 bits per heavy atom. The molecular weight excluding hydrogens is 132 g/mol. The molecule has 1 aromatic heterocycles. The predicted molar refractivity (Wildman–Crippen MR) is 38.2 cm³/mol. The van der Waals surface area contributed by atoms with Crippen molar-refractivity contribution in [1.82, 2.24) is 10.9 Å². The number of thiophene rings is 1. The van der Waals surface area contributed by atoms with Gasteiger partial charge >= 0.3 is 0 Å². The van der Waals surface area contributed by atoms with Crippen LogP contribution in [0.4, 0.5) is 0 Å². The minimum atomic E-state index is 0.574. The van der Waals surface area contributed by atoms with Gasteiger partial charge in [0.25, 0.3) is 0 Å². The molecule has 1 aliphatic heterocycles. The Balaban J connectivity index is 2.14. The summed E-state index contributed by atoms with van der Waals surface area (Å²) < 4.78 is 0. The van der Waals surface area contributed by atoms with E-state index in [-0.39, 0.29) is 0 Å². The van der Waals surface area contributed by atoms with Gasteiger partial charge in [0, 0.05) is 11.4 Å². The molecule has 1 atom stereocenters. The van der Waals surface area contributed by atoms with Crippen LogP contribution in [0.2, 0.25) is 0 Å². The topological polar surface area (TPSA) is 24.1 Å². The molecular formula is C6H8N2S. The molecule has 1 aliphatic rings. The molecule has 0 aliphatic carbocycles. The zero-order valence-corrected chi connectivity index (χ0v) is 5.74. The van der Waals surface area contributed by atoms with Crippen molar-refractivity contribution in [3.8, 4) is 0 Å². The molecule has 0 aromatic carbocycles. The monoisotopic (exact) mass is 140 g/mol. The summed E-state index contributed by atoms with van der Waals surface area (Å²) in [5.74, 6) is 0. The molecule has 0 saturated carbocycles. The molecule has 0 bridgehead atoms. The van der Waals surface area contributed by atoms with Gasteiger partial charge in [0.15, 0.2) is 0 Å². The van der Waals surface area contributed by atoms with Gasteiger partial charge in [-0.2, -0.15) is 0 Å². The van der Waals surface area contributed by atoms with Crippen molar-refractivity contribution < 1.29 is 0 Å². The smallest absolute Gasteiger partial charge is 0.0693 e. The van der Waals surface area contributed by atoms with Gasteiger partial charge in [-0.3, -0.25) is 5.43 Å². The van der Waals surface area contributed by atoms with E-state index < -0.39 is 0 Å². The number of hydrazine groups is 1. The normalized spacial score (nSPS) is 25.6. The minimum Gasteiger partial charge on any atom is -0.255 e. The first-order valence-electron chi connectivity index (χ1n) is 2.98. The molecule has 1 unspecified atom stereocenters. The summed E-state index contributed by atoms with van der Waals surface area (Å²) in [6, 6.07) is 4.81. The van der Waals surface area contributed by atoms with Gasteiger partial charge in [0.05, 0.1) is 6.04 Å². The van der Waals surface area contributed by atoms with Crippen molar-refractivity contribution in [3.63, 3.8) is 0 Å². The first kappa shape index (κ1) is 5.41.